The first-order valence-corrected chi connectivity index (χ1v) is 8.66. The van der Waals surface area contributed by atoms with Crippen LogP contribution in [0.1, 0.15) is 23.1 Å². The summed E-state index contributed by atoms with van der Waals surface area (Å²) in [5.74, 6) is 0.944. The number of hydrogen-bond donors (Lipinski definition) is 0. The van der Waals surface area contributed by atoms with E-state index < -0.39 is 0 Å². The minimum absolute atomic E-state index is 0.0798. The van der Waals surface area contributed by atoms with Crippen LogP contribution in [-0.4, -0.2) is 34.7 Å². The van der Waals surface area contributed by atoms with Crippen LogP contribution in [0.25, 0.3) is 11.4 Å². The summed E-state index contributed by atoms with van der Waals surface area (Å²) < 4.78 is 24.3. The van der Waals surface area contributed by atoms with Gasteiger partial charge in [-0.3, -0.25) is 4.90 Å². The van der Waals surface area contributed by atoms with Gasteiger partial charge in [-0.15, -0.1) is 0 Å². The molecule has 2 aromatic carbocycles. The largest absolute Gasteiger partial charge is 0.371 e. The molecule has 1 saturated heterocycles. The molecule has 1 fully saturated rings. The summed E-state index contributed by atoms with van der Waals surface area (Å²) in [6.45, 7) is 4.72. The Kier molecular flexibility index (Phi) is 4.77. The van der Waals surface area contributed by atoms with Gasteiger partial charge in [0.15, 0.2) is 0 Å². The molecule has 4 rings (SSSR count). The summed E-state index contributed by atoms with van der Waals surface area (Å²) >= 11 is 0. The number of aromatic nitrogens is 2. The highest BCUT2D eigenvalue weighted by Crippen LogP contribution is 2.24. The fraction of sp³-hybridized carbons (Fsp3) is 0.300. The van der Waals surface area contributed by atoms with Crippen LogP contribution in [0.15, 0.2) is 53.1 Å². The first kappa shape index (κ1) is 16.9. The summed E-state index contributed by atoms with van der Waals surface area (Å²) in [6.07, 6.45) is -0.0798. The van der Waals surface area contributed by atoms with Crippen molar-refractivity contribution in [2.45, 2.75) is 19.6 Å². The number of hydrogen-bond acceptors (Lipinski definition) is 5. The molecular formula is C20H20FN3O2. The minimum Gasteiger partial charge on any atom is -0.371 e. The molecule has 0 spiro atoms. The maximum absolute atomic E-state index is 13.1. The summed E-state index contributed by atoms with van der Waals surface area (Å²) in [6, 6.07) is 14.5. The van der Waals surface area contributed by atoms with Crippen LogP contribution in [0.3, 0.4) is 0 Å². The zero-order chi connectivity index (χ0) is 17.9. The number of nitrogens with zero attached hydrogens (tertiary/aromatic N) is 3. The standard InChI is InChI=1S/C20H20FN3O2/c1-14-2-4-16(5-3-14)20-22-19(26-23-20)13-24-10-11-25-18(12-24)15-6-8-17(21)9-7-15/h2-9,18H,10-13H2,1H3. The zero-order valence-electron chi connectivity index (χ0n) is 14.6. The van der Waals surface area contributed by atoms with Gasteiger partial charge in [-0.1, -0.05) is 47.1 Å². The van der Waals surface area contributed by atoms with Crippen LogP contribution in [0.4, 0.5) is 4.39 Å². The van der Waals surface area contributed by atoms with E-state index in [9.17, 15) is 4.39 Å². The predicted molar refractivity (Wildman–Crippen MR) is 94.8 cm³/mol. The van der Waals surface area contributed by atoms with Crippen molar-refractivity contribution in [2.75, 3.05) is 19.7 Å². The van der Waals surface area contributed by atoms with E-state index in [0.717, 1.165) is 17.7 Å². The van der Waals surface area contributed by atoms with Crippen molar-refractivity contribution in [3.63, 3.8) is 0 Å². The smallest absolute Gasteiger partial charge is 0.241 e. The second-order valence-electron chi connectivity index (χ2n) is 6.52. The second-order valence-corrected chi connectivity index (χ2v) is 6.52. The lowest BCUT2D eigenvalue weighted by atomic mass is 10.1. The number of aryl methyl sites for hydroxylation is 1. The number of ether oxygens (including phenoxy) is 1. The molecule has 5 nitrogen and oxygen atoms in total. The molecule has 0 aliphatic carbocycles. The molecular weight excluding hydrogens is 333 g/mol. The molecule has 2 heterocycles. The molecule has 1 aliphatic rings. The third kappa shape index (κ3) is 3.81. The molecule has 0 saturated carbocycles. The lowest BCUT2D eigenvalue weighted by Gasteiger charge is -2.32. The molecule has 0 amide bonds. The lowest BCUT2D eigenvalue weighted by molar-refractivity contribution is -0.0356. The molecule has 3 aromatic rings. The Labute approximate surface area is 151 Å². The first-order chi connectivity index (χ1) is 12.7. The van der Waals surface area contributed by atoms with Gasteiger partial charge in [-0.05, 0) is 24.6 Å². The van der Waals surface area contributed by atoms with E-state index in [-0.39, 0.29) is 11.9 Å². The summed E-state index contributed by atoms with van der Waals surface area (Å²) in [7, 11) is 0. The maximum atomic E-state index is 13.1. The second kappa shape index (κ2) is 7.35. The summed E-state index contributed by atoms with van der Waals surface area (Å²) in [4.78, 5) is 6.72. The van der Waals surface area contributed by atoms with E-state index in [1.54, 1.807) is 12.1 Å². The molecule has 0 N–H and O–H groups in total. The van der Waals surface area contributed by atoms with Crippen LogP contribution in [0.2, 0.25) is 0 Å². The highest BCUT2D eigenvalue weighted by molar-refractivity contribution is 5.54. The predicted octanol–water partition coefficient (Wildman–Crippen LogP) is 3.76. The van der Waals surface area contributed by atoms with Gasteiger partial charge in [0.2, 0.25) is 11.7 Å². The third-order valence-corrected chi connectivity index (χ3v) is 4.53. The highest BCUT2D eigenvalue weighted by Gasteiger charge is 2.23. The van der Waals surface area contributed by atoms with Crippen LogP contribution in [0.5, 0.6) is 0 Å². The first-order valence-electron chi connectivity index (χ1n) is 8.66. The van der Waals surface area contributed by atoms with Crippen molar-refractivity contribution in [1.82, 2.24) is 15.0 Å². The van der Waals surface area contributed by atoms with E-state index in [1.165, 1.54) is 17.7 Å². The molecule has 1 atom stereocenters. The summed E-state index contributed by atoms with van der Waals surface area (Å²) in [5.41, 5.74) is 3.11. The Balaban J connectivity index is 1.42. The van der Waals surface area contributed by atoms with E-state index >= 15 is 0 Å². The van der Waals surface area contributed by atoms with Crippen LogP contribution in [0, 0.1) is 12.7 Å². The molecule has 1 unspecified atom stereocenters. The van der Waals surface area contributed by atoms with E-state index in [4.69, 9.17) is 9.26 Å². The molecule has 6 heteroatoms. The monoisotopic (exact) mass is 353 g/mol. The van der Waals surface area contributed by atoms with Crippen LogP contribution >= 0.6 is 0 Å². The average Bonchev–Trinajstić information content (AvgIpc) is 3.11. The van der Waals surface area contributed by atoms with Crippen LogP contribution < -0.4 is 0 Å². The van der Waals surface area contributed by atoms with Gasteiger partial charge in [-0.25, -0.2) is 4.39 Å². The summed E-state index contributed by atoms with van der Waals surface area (Å²) in [5, 5.41) is 4.08. The fourth-order valence-electron chi connectivity index (χ4n) is 3.06. The van der Waals surface area contributed by atoms with Gasteiger partial charge >= 0.3 is 0 Å². The Morgan fingerprint density at radius 3 is 2.65 bits per heavy atom. The lowest BCUT2D eigenvalue weighted by Crippen LogP contribution is -2.37. The van der Waals surface area contributed by atoms with Crippen molar-refractivity contribution < 1.29 is 13.7 Å². The van der Waals surface area contributed by atoms with Crippen molar-refractivity contribution in [3.05, 3.63) is 71.4 Å². The highest BCUT2D eigenvalue weighted by atomic mass is 19.1. The minimum atomic E-state index is -0.240. The Morgan fingerprint density at radius 2 is 1.88 bits per heavy atom. The number of rotatable bonds is 4. The maximum Gasteiger partial charge on any atom is 0.241 e. The van der Waals surface area contributed by atoms with E-state index in [0.29, 0.717) is 31.4 Å². The molecule has 0 bridgehead atoms. The number of benzene rings is 2. The molecule has 26 heavy (non-hydrogen) atoms. The van der Waals surface area contributed by atoms with Crippen molar-refractivity contribution in [1.29, 1.82) is 0 Å². The normalized spacial score (nSPS) is 18.2. The number of halogens is 1. The average molecular weight is 353 g/mol. The molecule has 0 radical (unpaired) electrons. The molecule has 1 aromatic heterocycles. The molecule has 1 aliphatic heterocycles. The van der Waals surface area contributed by atoms with Gasteiger partial charge in [0, 0.05) is 18.7 Å². The van der Waals surface area contributed by atoms with E-state index in [2.05, 4.69) is 15.0 Å². The Bertz CT molecular complexity index is 862. The third-order valence-electron chi connectivity index (χ3n) is 4.53. The molecule has 134 valence electrons. The van der Waals surface area contributed by atoms with Gasteiger partial charge in [0.05, 0.1) is 19.3 Å². The van der Waals surface area contributed by atoms with E-state index in [1.807, 2.05) is 31.2 Å². The Morgan fingerprint density at radius 1 is 1.12 bits per heavy atom. The quantitative estimate of drug-likeness (QED) is 0.715. The van der Waals surface area contributed by atoms with Crippen LogP contribution in [-0.2, 0) is 11.3 Å². The van der Waals surface area contributed by atoms with Gasteiger partial charge in [0.25, 0.3) is 0 Å². The SMILES string of the molecule is Cc1ccc(-c2noc(CN3CCOC(c4ccc(F)cc4)C3)n2)cc1. The Hall–Kier alpha value is -2.57. The zero-order valence-corrected chi connectivity index (χ0v) is 14.6. The van der Waals surface area contributed by atoms with Crippen molar-refractivity contribution in [2.24, 2.45) is 0 Å². The van der Waals surface area contributed by atoms with Crippen molar-refractivity contribution in [3.8, 4) is 11.4 Å². The van der Waals surface area contributed by atoms with Gasteiger partial charge < -0.3 is 9.26 Å². The topological polar surface area (TPSA) is 51.4 Å². The number of morpholine rings is 1. The fourth-order valence-corrected chi connectivity index (χ4v) is 3.06. The van der Waals surface area contributed by atoms with Gasteiger partial charge in [-0.2, -0.15) is 4.98 Å². The van der Waals surface area contributed by atoms with Gasteiger partial charge in [0.1, 0.15) is 5.82 Å². The van der Waals surface area contributed by atoms with Crippen molar-refractivity contribution >= 4 is 0 Å².